The Hall–Kier alpha value is -3.75. The van der Waals surface area contributed by atoms with Gasteiger partial charge in [0, 0.05) is 22.0 Å². The van der Waals surface area contributed by atoms with Crippen molar-refractivity contribution in [2.75, 3.05) is 11.9 Å². The number of carbonyl (C=O) groups excluding carboxylic acids is 1. The maximum Gasteiger partial charge on any atom is 0.310 e. The van der Waals surface area contributed by atoms with Crippen molar-refractivity contribution in [2.24, 2.45) is 0 Å². The van der Waals surface area contributed by atoms with Crippen molar-refractivity contribution in [3.63, 3.8) is 0 Å². The second-order valence-corrected chi connectivity index (χ2v) is 9.13. The highest BCUT2D eigenvalue weighted by atomic mass is 35.5. The summed E-state index contributed by atoms with van der Waals surface area (Å²) in [7, 11) is 0. The Morgan fingerprint density at radius 3 is 2.80 bits per heavy atom. The molecule has 176 valence electrons. The highest BCUT2D eigenvalue weighted by Crippen LogP contribution is 2.38. The van der Waals surface area contributed by atoms with Gasteiger partial charge in [-0.25, -0.2) is 9.97 Å². The van der Waals surface area contributed by atoms with E-state index in [4.69, 9.17) is 21.1 Å². The molecule has 0 bridgehead atoms. The molecule has 1 N–H and O–H groups in total. The first-order valence-electron chi connectivity index (χ1n) is 11.0. The van der Waals surface area contributed by atoms with Gasteiger partial charge in [0.05, 0.1) is 29.1 Å². The fourth-order valence-corrected chi connectivity index (χ4v) is 5.04. The van der Waals surface area contributed by atoms with Crippen LogP contribution in [0.2, 0.25) is 5.02 Å². The van der Waals surface area contributed by atoms with Crippen LogP contribution in [-0.2, 0) is 22.6 Å². The number of nitrogens with one attached hydrogen (secondary N) is 1. The second-order valence-electron chi connectivity index (χ2n) is 7.70. The lowest BCUT2D eigenvalue weighted by Crippen LogP contribution is -2.07. The summed E-state index contributed by atoms with van der Waals surface area (Å²) in [5.41, 5.74) is 2.50. The Morgan fingerprint density at radius 1 is 1.09 bits per heavy atom. The molecule has 0 radical (unpaired) electrons. The van der Waals surface area contributed by atoms with Crippen molar-refractivity contribution in [1.29, 1.82) is 0 Å². The fraction of sp³-hybridized carbons (Fsp3) is 0.154. The molecule has 0 aliphatic carbocycles. The minimum atomic E-state index is -0.237. The molecule has 7 nitrogen and oxygen atoms in total. The predicted octanol–water partition coefficient (Wildman–Crippen LogP) is 6.32. The number of benzene rings is 2. The molecule has 0 saturated heterocycles. The van der Waals surface area contributed by atoms with E-state index in [0.717, 1.165) is 37.2 Å². The van der Waals surface area contributed by atoms with Crippen LogP contribution in [-0.4, -0.2) is 27.5 Å². The van der Waals surface area contributed by atoms with Gasteiger partial charge in [-0.15, -0.1) is 11.3 Å². The van der Waals surface area contributed by atoms with Gasteiger partial charge >= 0.3 is 5.97 Å². The molecule has 35 heavy (non-hydrogen) atoms. The third kappa shape index (κ3) is 5.18. The molecule has 0 fully saturated rings. The van der Waals surface area contributed by atoms with Crippen LogP contribution in [0.25, 0.3) is 20.3 Å². The molecule has 0 atom stereocenters. The summed E-state index contributed by atoms with van der Waals surface area (Å²) in [6.07, 6.45) is 3.50. The van der Waals surface area contributed by atoms with Crippen molar-refractivity contribution in [3.8, 4) is 5.75 Å². The fourth-order valence-electron chi connectivity index (χ4n) is 3.70. The quantitative estimate of drug-likeness (QED) is 0.247. The minimum Gasteiger partial charge on any atom is -0.486 e. The van der Waals surface area contributed by atoms with Gasteiger partial charge in [-0.3, -0.25) is 9.78 Å². The SMILES string of the molecule is CCOC(=O)Cc1ccc2c(c1)sc1ncnc(Nc3ccc(OCc4ccccn4)c(Cl)c3)c12. The number of anilines is 2. The molecule has 3 aromatic heterocycles. The number of fused-ring (bicyclic) bond motifs is 3. The average molecular weight is 505 g/mol. The summed E-state index contributed by atoms with van der Waals surface area (Å²) in [5.74, 6) is 1.02. The van der Waals surface area contributed by atoms with Crippen LogP contribution in [0.4, 0.5) is 11.5 Å². The average Bonchev–Trinajstić information content (AvgIpc) is 3.23. The standard InChI is InChI=1S/C26H21ClN4O3S/c1-2-33-23(32)12-16-6-8-19-22(11-16)35-26-24(19)25(29-15-30-26)31-17-7-9-21(20(27)13-17)34-14-18-5-3-4-10-28-18/h3-11,13,15H,2,12,14H2,1H3,(H,29,30,31). The van der Waals surface area contributed by atoms with Gasteiger partial charge in [-0.05, 0) is 48.9 Å². The lowest BCUT2D eigenvalue weighted by atomic mass is 10.1. The molecule has 0 spiro atoms. The molecule has 0 aliphatic rings. The van der Waals surface area contributed by atoms with Crippen LogP contribution >= 0.6 is 22.9 Å². The largest absolute Gasteiger partial charge is 0.486 e. The second kappa shape index (κ2) is 10.2. The number of esters is 1. The molecular formula is C26H21ClN4O3S. The number of halogens is 1. The van der Waals surface area contributed by atoms with Crippen molar-refractivity contribution in [1.82, 2.24) is 15.0 Å². The Kier molecular flexibility index (Phi) is 6.74. The maximum atomic E-state index is 11.9. The molecular weight excluding hydrogens is 484 g/mol. The molecule has 0 saturated carbocycles. The molecule has 5 aromatic rings. The van der Waals surface area contributed by atoms with Crippen LogP contribution in [0, 0.1) is 0 Å². The van der Waals surface area contributed by atoms with Crippen LogP contribution in [0.1, 0.15) is 18.2 Å². The van der Waals surface area contributed by atoms with E-state index in [-0.39, 0.29) is 12.4 Å². The molecule has 0 aliphatic heterocycles. The summed E-state index contributed by atoms with van der Waals surface area (Å²) in [6.45, 7) is 2.51. The molecule has 9 heteroatoms. The zero-order valence-corrected chi connectivity index (χ0v) is 20.4. The number of nitrogens with zero attached hydrogens (tertiary/aromatic N) is 3. The van der Waals surface area contributed by atoms with Gasteiger partial charge in [-0.2, -0.15) is 0 Å². The number of rotatable bonds is 8. The van der Waals surface area contributed by atoms with Crippen LogP contribution in [0.15, 0.2) is 67.1 Å². The smallest absolute Gasteiger partial charge is 0.310 e. The van der Waals surface area contributed by atoms with Crippen molar-refractivity contribution in [3.05, 3.63) is 83.4 Å². The molecule has 0 unspecified atom stereocenters. The van der Waals surface area contributed by atoms with Crippen LogP contribution in [0.3, 0.4) is 0 Å². The van der Waals surface area contributed by atoms with E-state index in [1.54, 1.807) is 30.5 Å². The van der Waals surface area contributed by atoms with E-state index in [1.165, 1.54) is 6.33 Å². The zero-order chi connectivity index (χ0) is 24.2. The van der Waals surface area contributed by atoms with Crippen LogP contribution in [0.5, 0.6) is 5.75 Å². The van der Waals surface area contributed by atoms with Gasteiger partial charge in [-0.1, -0.05) is 29.8 Å². The summed E-state index contributed by atoms with van der Waals surface area (Å²) in [5, 5.41) is 5.78. The monoisotopic (exact) mass is 504 g/mol. The van der Waals surface area contributed by atoms with Gasteiger partial charge in [0.2, 0.25) is 0 Å². The Labute approximate surface area is 210 Å². The van der Waals surface area contributed by atoms with E-state index in [2.05, 4.69) is 20.3 Å². The summed E-state index contributed by atoms with van der Waals surface area (Å²) in [4.78, 5) is 25.9. The lowest BCUT2D eigenvalue weighted by molar-refractivity contribution is -0.142. The van der Waals surface area contributed by atoms with Crippen molar-refractivity contribution in [2.45, 2.75) is 20.0 Å². The molecule has 3 heterocycles. The normalized spacial score (nSPS) is 11.0. The van der Waals surface area contributed by atoms with Crippen molar-refractivity contribution >= 4 is 60.7 Å². The molecule has 5 rings (SSSR count). The van der Waals surface area contributed by atoms with Crippen molar-refractivity contribution < 1.29 is 14.3 Å². The third-order valence-corrected chi connectivity index (χ3v) is 6.64. The topological polar surface area (TPSA) is 86.2 Å². The highest BCUT2D eigenvalue weighted by Gasteiger charge is 2.14. The van der Waals surface area contributed by atoms with E-state index < -0.39 is 0 Å². The van der Waals surface area contributed by atoms with E-state index >= 15 is 0 Å². The van der Waals surface area contributed by atoms with Crippen LogP contribution < -0.4 is 10.1 Å². The van der Waals surface area contributed by atoms with Gasteiger partial charge in [0.1, 0.15) is 29.3 Å². The van der Waals surface area contributed by atoms with Gasteiger partial charge < -0.3 is 14.8 Å². The Balaban J connectivity index is 1.38. The van der Waals surface area contributed by atoms with E-state index in [9.17, 15) is 4.79 Å². The zero-order valence-electron chi connectivity index (χ0n) is 18.8. The first-order chi connectivity index (χ1) is 17.1. The first-order valence-corrected chi connectivity index (χ1v) is 12.2. The number of aromatic nitrogens is 3. The highest BCUT2D eigenvalue weighted by molar-refractivity contribution is 7.25. The number of carbonyl (C=O) groups is 1. The Bertz CT molecular complexity index is 1510. The number of pyridine rings is 1. The first kappa shape index (κ1) is 23.0. The van der Waals surface area contributed by atoms with E-state index in [0.29, 0.717) is 29.8 Å². The summed E-state index contributed by atoms with van der Waals surface area (Å²) < 4.78 is 11.9. The molecule has 2 aromatic carbocycles. The third-order valence-electron chi connectivity index (χ3n) is 5.28. The van der Waals surface area contributed by atoms with Gasteiger partial charge in [0.15, 0.2) is 0 Å². The molecule has 0 amide bonds. The van der Waals surface area contributed by atoms with Gasteiger partial charge in [0.25, 0.3) is 0 Å². The number of hydrogen-bond acceptors (Lipinski definition) is 8. The predicted molar refractivity (Wildman–Crippen MR) is 139 cm³/mol. The summed E-state index contributed by atoms with van der Waals surface area (Å²) in [6, 6.07) is 17.1. The number of hydrogen-bond donors (Lipinski definition) is 1. The number of thiophene rings is 1. The minimum absolute atomic E-state index is 0.237. The summed E-state index contributed by atoms with van der Waals surface area (Å²) >= 11 is 8.04. The Morgan fingerprint density at radius 2 is 2.00 bits per heavy atom. The lowest BCUT2D eigenvalue weighted by Gasteiger charge is -2.11. The van der Waals surface area contributed by atoms with E-state index in [1.807, 2.05) is 48.5 Å². The number of ether oxygens (including phenoxy) is 2. The maximum absolute atomic E-state index is 11.9.